The first-order valence-electron chi connectivity index (χ1n) is 6.07. The second-order valence-electron chi connectivity index (χ2n) is 4.54. The minimum atomic E-state index is -1.09. The fourth-order valence-corrected chi connectivity index (χ4v) is 2.16. The molecular weight excluding hydrogens is 249 g/mol. The molecule has 2 N–H and O–H groups in total. The van der Waals surface area contributed by atoms with Crippen molar-refractivity contribution in [3.63, 3.8) is 0 Å². The van der Waals surface area contributed by atoms with Crippen molar-refractivity contribution in [2.45, 2.75) is 24.9 Å². The van der Waals surface area contributed by atoms with Gasteiger partial charge in [-0.05, 0) is 31.0 Å². The van der Waals surface area contributed by atoms with Crippen LogP contribution in [0, 0.1) is 5.82 Å². The Morgan fingerprint density at radius 1 is 1.47 bits per heavy atom. The van der Waals surface area contributed by atoms with E-state index in [0.717, 1.165) is 0 Å². The zero-order valence-corrected chi connectivity index (χ0v) is 11.5. The van der Waals surface area contributed by atoms with E-state index >= 15 is 0 Å². The Kier molecular flexibility index (Phi) is 5.44. The summed E-state index contributed by atoms with van der Waals surface area (Å²) >= 11 is 0. The number of esters is 1. The van der Waals surface area contributed by atoms with E-state index in [9.17, 15) is 9.18 Å². The maximum atomic E-state index is 13.4. The number of hydrogen-bond acceptors (Lipinski definition) is 4. The van der Waals surface area contributed by atoms with E-state index in [-0.39, 0.29) is 12.6 Å². The topological polar surface area (TPSA) is 61.5 Å². The molecule has 0 saturated heterocycles. The molecule has 0 aromatic heterocycles. The molecule has 19 heavy (non-hydrogen) atoms. The molecule has 0 heterocycles. The van der Waals surface area contributed by atoms with Crippen LogP contribution in [0.4, 0.5) is 4.39 Å². The molecule has 2 atom stereocenters. The fourth-order valence-electron chi connectivity index (χ4n) is 2.16. The minimum Gasteiger partial charge on any atom is -0.468 e. The van der Waals surface area contributed by atoms with Crippen LogP contribution < -0.4 is 5.73 Å². The van der Waals surface area contributed by atoms with Crippen molar-refractivity contribution in [1.82, 2.24) is 0 Å². The van der Waals surface area contributed by atoms with Crippen LogP contribution in [-0.4, -0.2) is 32.8 Å². The summed E-state index contributed by atoms with van der Waals surface area (Å²) < 4.78 is 23.4. The molecule has 1 rings (SSSR count). The van der Waals surface area contributed by atoms with Crippen LogP contribution in [0.2, 0.25) is 0 Å². The van der Waals surface area contributed by atoms with Gasteiger partial charge in [0.1, 0.15) is 11.2 Å². The molecule has 106 valence electrons. The van der Waals surface area contributed by atoms with Crippen molar-refractivity contribution in [1.29, 1.82) is 0 Å². The van der Waals surface area contributed by atoms with E-state index in [1.165, 1.54) is 19.2 Å². The lowest BCUT2D eigenvalue weighted by Crippen LogP contribution is -2.46. The molecule has 0 aliphatic rings. The molecule has 1 aromatic carbocycles. The molecule has 0 bridgehead atoms. The predicted molar refractivity (Wildman–Crippen MR) is 70.2 cm³/mol. The Labute approximate surface area is 112 Å². The molecule has 0 spiro atoms. The van der Waals surface area contributed by atoms with E-state index < -0.39 is 17.2 Å². The molecule has 5 heteroatoms. The largest absolute Gasteiger partial charge is 0.468 e. The molecular formula is C14H20FNO3. The van der Waals surface area contributed by atoms with Crippen molar-refractivity contribution in [2.24, 2.45) is 5.73 Å². The maximum Gasteiger partial charge on any atom is 0.317 e. The van der Waals surface area contributed by atoms with Crippen LogP contribution in [0.5, 0.6) is 0 Å². The maximum absolute atomic E-state index is 13.4. The smallest absolute Gasteiger partial charge is 0.317 e. The molecule has 0 radical (unpaired) electrons. The minimum absolute atomic E-state index is 0.0246. The predicted octanol–water partition coefficient (Wildman–Crippen LogP) is 1.62. The first kappa shape index (κ1) is 15.6. The summed E-state index contributed by atoms with van der Waals surface area (Å²) in [7, 11) is 2.85. The SMILES string of the molecule is COC(=O)C(CN)(CC(C)OC)c1cccc(F)c1. The third-order valence-corrected chi connectivity index (χ3v) is 3.34. The molecule has 4 nitrogen and oxygen atoms in total. The summed E-state index contributed by atoms with van der Waals surface area (Å²) in [6.45, 7) is 1.85. The van der Waals surface area contributed by atoms with Crippen LogP contribution in [0.3, 0.4) is 0 Å². The number of methoxy groups -OCH3 is 2. The number of carbonyl (C=O) groups excluding carboxylic acids is 1. The Hall–Kier alpha value is -1.46. The van der Waals surface area contributed by atoms with Crippen LogP contribution in [0.25, 0.3) is 0 Å². The molecule has 1 aromatic rings. The van der Waals surface area contributed by atoms with Crippen LogP contribution in [-0.2, 0) is 19.7 Å². The van der Waals surface area contributed by atoms with Gasteiger partial charge in [-0.2, -0.15) is 0 Å². The van der Waals surface area contributed by atoms with Gasteiger partial charge >= 0.3 is 5.97 Å². The third kappa shape index (κ3) is 3.30. The van der Waals surface area contributed by atoms with E-state index in [2.05, 4.69) is 0 Å². The summed E-state index contributed by atoms with van der Waals surface area (Å²) in [5, 5.41) is 0. The monoisotopic (exact) mass is 269 g/mol. The summed E-state index contributed by atoms with van der Waals surface area (Å²) in [6, 6.07) is 5.86. The van der Waals surface area contributed by atoms with Gasteiger partial charge in [-0.1, -0.05) is 12.1 Å². The molecule has 0 aliphatic heterocycles. The van der Waals surface area contributed by atoms with Gasteiger partial charge in [0.2, 0.25) is 0 Å². The Morgan fingerprint density at radius 2 is 2.16 bits per heavy atom. The standard InChI is InChI=1S/C14H20FNO3/c1-10(18-2)8-14(9-16,13(17)19-3)11-5-4-6-12(15)7-11/h4-7,10H,8-9,16H2,1-3H3. The van der Waals surface area contributed by atoms with Gasteiger partial charge in [0, 0.05) is 13.7 Å². The number of halogens is 1. The van der Waals surface area contributed by atoms with E-state index in [0.29, 0.717) is 12.0 Å². The highest BCUT2D eigenvalue weighted by Gasteiger charge is 2.41. The van der Waals surface area contributed by atoms with E-state index in [1.807, 2.05) is 6.92 Å². The molecule has 0 amide bonds. The third-order valence-electron chi connectivity index (χ3n) is 3.34. The summed E-state index contributed by atoms with van der Waals surface area (Å²) in [6.07, 6.45) is 0.127. The number of hydrogen-bond donors (Lipinski definition) is 1. The number of benzene rings is 1. The van der Waals surface area contributed by atoms with Crippen LogP contribution >= 0.6 is 0 Å². The van der Waals surface area contributed by atoms with Crippen molar-refractivity contribution in [2.75, 3.05) is 20.8 Å². The average molecular weight is 269 g/mol. The lowest BCUT2D eigenvalue weighted by atomic mass is 9.76. The molecule has 0 saturated carbocycles. The van der Waals surface area contributed by atoms with Gasteiger partial charge in [-0.15, -0.1) is 0 Å². The van der Waals surface area contributed by atoms with Crippen molar-refractivity contribution in [3.05, 3.63) is 35.6 Å². The van der Waals surface area contributed by atoms with Crippen molar-refractivity contribution in [3.8, 4) is 0 Å². The second-order valence-corrected chi connectivity index (χ2v) is 4.54. The van der Waals surface area contributed by atoms with Crippen molar-refractivity contribution < 1.29 is 18.7 Å². The molecule has 2 unspecified atom stereocenters. The van der Waals surface area contributed by atoms with Gasteiger partial charge in [0.15, 0.2) is 0 Å². The Bertz CT molecular complexity index is 438. The van der Waals surface area contributed by atoms with Crippen LogP contribution in [0.1, 0.15) is 18.9 Å². The molecule has 0 aliphatic carbocycles. The highest BCUT2D eigenvalue weighted by atomic mass is 19.1. The van der Waals surface area contributed by atoms with E-state index in [4.69, 9.17) is 15.2 Å². The second kappa shape index (κ2) is 6.63. The summed E-state index contributed by atoms with van der Waals surface area (Å²) in [5.74, 6) is -0.895. The Balaban J connectivity index is 3.27. The quantitative estimate of drug-likeness (QED) is 0.797. The number of nitrogens with two attached hydrogens (primary N) is 1. The first-order chi connectivity index (χ1) is 9.00. The average Bonchev–Trinajstić information content (AvgIpc) is 2.43. The zero-order valence-electron chi connectivity index (χ0n) is 11.5. The summed E-state index contributed by atoms with van der Waals surface area (Å²) in [5.41, 5.74) is 5.20. The normalized spacial score (nSPS) is 15.6. The van der Waals surface area contributed by atoms with Gasteiger partial charge in [-0.3, -0.25) is 4.79 Å². The van der Waals surface area contributed by atoms with Gasteiger partial charge in [0.25, 0.3) is 0 Å². The lowest BCUT2D eigenvalue weighted by Gasteiger charge is -2.32. The number of ether oxygens (including phenoxy) is 2. The van der Waals surface area contributed by atoms with Gasteiger partial charge in [0.05, 0.1) is 13.2 Å². The fraction of sp³-hybridized carbons (Fsp3) is 0.500. The number of rotatable bonds is 6. The lowest BCUT2D eigenvalue weighted by molar-refractivity contribution is -0.148. The molecule has 0 fully saturated rings. The number of carbonyl (C=O) groups is 1. The Morgan fingerprint density at radius 3 is 2.63 bits per heavy atom. The van der Waals surface area contributed by atoms with Crippen molar-refractivity contribution >= 4 is 5.97 Å². The first-order valence-corrected chi connectivity index (χ1v) is 6.07. The highest BCUT2D eigenvalue weighted by molar-refractivity contribution is 5.83. The van der Waals surface area contributed by atoms with E-state index in [1.54, 1.807) is 19.2 Å². The van der Waals surface area contributed by atoms with Gasteiger partial charge in [-0.25, -0.2) is 4.39 Å². The highest BCUT2D eigenvalue weighted by Crippen LogP contribution is 2.31. The van der Waals surface area contributed by atoms with Gasteiger partial charge < -0.3 is 15.2 Å². The summed E-state index contributed by atoms with van der Waals surface area (Å²) in [4.78, 5) is 12.1. The van der Waals surface area contributed by atoms with Crippen LogP contribution in [0.15, 0.2) is 24.3 Å². The zero-order chi connectivity index (χ0) is 14.5.